The van der Waals surface area contributed by atoms with E-state index in [-0.39, 0.29) is 0 Å². The summed E-state index contributed by atoms with van der Waals surface area (Å²) in [5.41, 5.74) is 0. The van der Waals surface area contributed by atoms with E-state index in [0.717, 1.165) is 5.01 Å². The molecule has 2 rings (SSSR count). The summed E-state index contributed by atoms with van der Waals surface area (Å²) in [5.74, 6) is -0.110. The van der Waals surface area contributed by atoms with Crippen LogP contribution in [0.15, 0.2) is 22.9 Å². The highest BCUT2D eigenvalue weighted by molar-refractivity contribution is 7.98. The van der Waals surface area contributed by atoms with Gasteiger partial charge in [0.1, 0.15) is 5.01 Å². The highest BCUT2D eigenvalue weighted by Crippen LogP contribution is 2.20. The molecular weight excluding hydrogens is 259 g/mol. The number of nitrogens with zero attached hydrogens (tertiary/aromatic N) is 4. The zero-order valence-electron chi connectivity index (χ0n) is 9.42. The second kappa shape index (κ2) is 5.42. The maximum Gasteiger partial charge on any atom is 0.189 e. The molecule has 0 spiro atoms. The van der Waals surface area contributed by atoms with Crippen LogP contribution >= 0.6 is 23.1 Å². The van der Waals surface area contributed by atoms with Crippen LogP contribution in [0.1, 0.15) is 5.01 Å². The Morgan fingerprint density at radius 2 is 2.29 bits per heavy atom. The van der Waals surface area contributed by atoms with Crippen molar-refractivity contribution in [2.45, 2.75) is 11.7 Å². The lowest BCUT2D eigenvalue weighted by Gasteiger charge is -2.17. The molecule has 4 nitrogen and oxygen atoms in total. The van der Waals surface area contributed by atoms with E-state index >= 15 is 0 Å². The van der Waals surface area contributed by atoms with Crippen molar-refractivity contribution in [3.8, 4) is 0 Å². The van der Waals surface area contributed by atoms with E-state index in [1.807, 2.05) is 11.6 Å². The van der Waals surface area contributed by atoms with E-state index in [2.05, 4.69) is 15.0 Å². The standard InChI is InChI=1S/C10H11FN4S2/c1-15(6-8-12-3-4-17-8)9-7(11)5-13-10(14-9)16-2/h3-5H,6H2,1-2H3. The average Bonchev–Trinajstić information content (AvgIpc) is 2.82. The first-order valence-electron chi connectivity index (χ1n) is 4.86. The minimum Gasteiger partial charge on any atom is -0.350 e. The Morgan fingerprint density at radius 1 is 1.47 bits per heavy atom. The van der Waals surface area contributed by atoms with Crippen molar-refractivity contribution < 1.29 is 4.39 Å². The largest absolute Gasteiger partial charge is 0.350 e. The first-order valence-corrected chi connectivity index (χ1v) is 6.97. The van der Waals surface area contributed by atoms with Gasteiger partial charge in [-0.2, -0.15) is 0 Å². The van der Waals surface area contributed by atoms with Crippen molar-refractivity contribution in [1.82, 2.24) is 15.0 Å². The molecule has 17 heavy (non-hydrogen) atoms. The summed E-state index contributed by atoms with van der Waals surface area (Å²) in [6.07, 6.45) is 4.79. The van der Waals surface area contributed by atoms with E-state index in [4.69, 9.17) is 0 Å². The SMILES string of the molecule is CSc1ncc(F)c(N(C)Cc2nccs2)n1. The first-order chi connectivity index (χ1) is 8.20. The fourth-order valence-electron chi connectivity index (χ4n) is 1.32. The Kier molecular flexibility index (Phi) is 3.90. The van der Waals surface area contributed by atoms with Crippen LogP contribution < -0.4 is 4.90 Å². The summed E-state index contributed by atoms with van der Waals surface area (Å²) >= 11 is 2.93. The van der Waals surface area contributed by atoms with Crippen molar-refractivity contribution in [2.24, 2.45) is 0 Å². The highest BCUT2D eigenvalue weighted by Gasteiger charge is 2.12. The van der Waals surface area contributed by atoms with Crippen LogP contribution in [0, 0.1) is 5.82 Å². The van der Waals surface area contributed by atoms with Crippen molar-refractivity contribution >= 4 is 28.9 Å². The van der Waals surface area contributed by atoms with Crippen LogP contribution in [0.2, 0.25) is 0 Å². The molecule has 2 aromatic rings. The Morgan fingerprint density at radius 3 is 2.94 bits per heavy atom. The van der Waals surface area contributed by atoms with E-state index in [9.17, 15) is 4.39 Å². The minimum absolute atomic E-state index is 0.305. The predicted octanol–water partition coefficient (Wildman–Crippen LogP) is 2.43. The maximum absolute atomic E-state index is 13.6. The molecule has 2 heterocycles. The van der Waals surface area contributed by atoms with Crippen LogP contribution in [0.4, 0.5) is 10.2 Å². The quantitative estimate of drug-likeness (QED) is 0.630. The molecule has 0 radical (unpaired) electrons. The summed E-state index contributed by atoms with van der Waals surface area (Å²) < 4.78 is 13.6. The molecule has 0 saturated heterocycles. The smallest absolute Gasteiger partial charge is 0.189 e. The number of rotatable bonds is 4. The second-order valence-electron chi connectivity index (χ2n) is 3.31. The van der Waals surface area contributed by atoms with Crippen LogP contribution in [0.5, 0.6) is 0 Å². The number of thiazole rings is 1. The number of anilines is 1. The number of halogens is 1. The molecule has 7 heteroatoms. The molecule has 0 fully saturated rings. The summed E-state index contributed by atoms with van der Waals surface area (Å²) in [4.78, 5) is 13.9. The Labute approximate surface area is 107 Å². The predicted molar refractivity (Wildman–Crippen MR) is 68.0 cm³/mol. The fraction of sp³-hybridized carbons (Fsp3) is 0.300. The average molecular weight is 270 g/mol. The molecule has 0 aromatic carbocycles. The maximum atomic E-state index is 13.6. The van der Waals surface area contributed by atoms with Gasteiger partial charge in [0.2, 0.25) is 0 Å². The third kappa shape index (κ3) is 2.92. The van der Waals surface area contributed by atoms with Crippen LogP contribution in [-0.2, 0) is 6.54 Å². The Bertz CT molecular complexity index is 489. The van der Waals surface area contributed by atoms with Gasteiger partial charge < -0.3 is 4.90 Å². The molecule has 0 aliphatic carbocycles. The second-order valence-corrected chi connectivity index (χ2v) is 5.06. The summed E-state index contributed by atoms with van der Waals surface area (Å²) in [6.45, 7) is 0.541. The van der Waals surface area contributed by atoms with Crippen molar-refractivity contribution in [1.29, 1.82) is 0 Å². The minimum atomic E-state index is -0.415. The highest BCUT2D eigenvalue weighted by atomic mass is 32.2. The lowest BCUT2D eigenvalue weighted by Crippen LogP contribution is -2.19. The molecule has 0 atom stereocenters. The summed E-state index contributed by atoms with van der Waals surface area (Å²) in [5, 5.41) is 3.39. The van der Waals surface area contributed by atoms with Gasteiger partial charge in [0.25, 0.3) is 0 Å². The molecule has 0 amide bonds. The number of aromatic nitrogens is 3. The fourth-order valence-corrected chi connectivity index (χ4v) is 2.32. The zero-order valence-corrected chi connectivity index (χ0v) is 11.1. The van der Waals surface area contributed by atoms with E-state index in [0.29, 0.717) is 17.5 Å². The molecule has 0 unspecified atom stereocenters. The third-order valence-corrected chi connectivity index (χ3v) is 3.43. The van der Waals surface area contributed by atoms with Crippen LogP contribution in [0.3, 0.4) is 0 Å². The molecular formula is C10H11FN4S2. The Hall–Kier alpha value is -1.21. The molecule has 90 valence electrons. The van der Waals surface area contributed by atoms with Crippen LogP contribution in [0.25, 0.3) is 0 Å². The Balaban J connectivity index is 2.20. The monoisotopic (exact) mass is 270 g/mol. The lowest BCUT2D eigenvalue weighted by atomic mass is 10.5. The number of thioether (sulfide) groups is 1. The molecule has 0 bridgehead atoms. The molecule has 0 N–H and O–H groups in total. The topological polar surface area (TPSA) is 41.9 Å². The van der Waals surface area contributed by atoms with Gasteiger partial charge in [-0.15, -0.1) is 11.3 Å². The molecule has 2 aromatic heterocycles. The van der Waals surface area contributed by atoms with Gasteiger partial charge in [0.05, 0.1) is 12.7 Å². The van der Waals surface area contributed by atoms with Gasteiger partial charge in [-0.05, 0) is 6.26 Å². The summed E-state index contributed by atoms with van der Waals surface area (Å²) in [7, 11) is 1.79. The van der Waals surface area contributed by atoms with Crippen molar-refractivity contribution in [3.63, 3.8) is 0 Å². The first kappa shape index (κ1) is 12.3. The molecule has 0 aliphatic rings. The molecule has 0 aliphatic heterocycles. The normalized spacial score (nSPS) is 10.5. The zero-order chi connectivity index (χ0) is 12.3. The number of hydrogen-bond donors (Lipinski definition) is 0. The van der Waals surface area contributed by atoms with Gasteiger partial charge >= 0.3 is 0 Å². The molecule has 0 saturated carbocycles. The van der Waals surface area contributed by atoms with Gasteiger partial charge in [0.15, 0.2) is 16.8 Å². The van der Waals surface area contributed by atoms with Gasteiger partial charge in [0, 0.05) is 18.6 Å². The van der Waals surface area contributed by atoms with Gasteiger partial charge in [-0.3, -0.25) is 0 Å². The van der Waals surface area contributed by atoms with E-state index < -0.39 is 5.82 Å². The van der Waals surface area contributed by atoms with Crippen LogP contribution in [-0.4, -0.2) is 28.3 Å². The third-order valence-electron chi connectivity index (χ3n) is 2.10. The van der Waals surface area contributed by atoms with Gasteiger partial charge in [-0.25, -0.2) is 19.3 Å². The lowest BCUT2D eigenvalue weighted by molar-refractivity contribution is 0.598. The van der Waals surface area contributed by atoms with E-state index in [1.165, 1.54) is 29.3 Å². The summed E-state index contributed by atoms with van der Waals surface area (Å²) in [6, 6.07) is 0. The van der Waals surface area contributed by atoms with Crippen molar-refractivity contribution in [2.75, 3.05) is 18.2 Å². The number of hydrogen-bond acceptors (Lipinski definition) is 6. The van der Waals surface area contributed by atoms with E-state index in [1.54, 1.807) is 18.1 Å². The van der Waals surface area contributed by atoms with Gasteiger partial charge in [-0.1, -0.05) is 11.8 Å². The van der Waals surface area contributed by atoms with Crippen molar-refractivity contribution in [3.05, 3.63) is 28.6 Å².